The summed E-state index contributed by atoms with van der Waals surface area (Å²) in [7, 11) is -3.21. The van der Waals surface area contributed by atoms with Crippen LogP contribution in [0.5, 0.6) is 0 Å². The van der Waals surface area contributed by atoms with E-state index in [2.05, 4.69) is 15.9 Å². The smallest absolute Gasteiger partial charge is 0.156 e. The van der Waals surface area contributed by atoms with Crippen molar-refractivity contribution in [2.45, 2.75) is 30.6 Å². The van der Waals surface area contributed by atoms with Crippen molar-refractivity contribution < 1.29 is 13.5 Å². The van der Waals surface area contributed by atoms with Crippen LogP contribution in [0.4, 0.5) is 0 Å². The van der Waals surface area contributed by atoms with Gasteiger partial charge in [0.05, 0.1) is 17.1 Å². The molecule has 0 bridgehead atoms. The number of aliphatic hydroxyl groups excluding tert-OH is 1. The molecule has 3 nitrogen and oxygen atoms in total. The van der Waals surface area contributed by atoms with Crippen molar-refractivity contribution in [3.8, 4) is 0 Å². The molecular formula is C16H17BrO3S. The van der Waals surface area contributed by atoms with Gasteiger partial charge in [0.2, 0.25) is 0 Å². The molecule has 21 heavy (non-hydrogen) atoms. The number of sulfone groups is 1. The fourth-order valence-electron chi connectivity index (χ4n) is 3.08. The van der Waals surface area contributed by atoms with Crippen LogP contribution in [0.1, 0.15) is 30.9 Å². The van der Waals surface area contributed by atoms with Crippen LogP contribution >= 0.6 is 15.9 Å². The predicted octanol–water partition coefficient (Wildman–Crippen LogP) is 3.60. The third-order valence-corrected chi connectivity index (χ3v) is 7.17. The van der Waals surface area contributed by atoms with E-state index in [1.165, 1.54) is 0 Å². The summed E-state index contributed by atoms with van der Waals surface area (Å²) in [5, 5.41) is 11.9. The quantitative estimate of drug-likeness (QED) is 0.880. The molecule has 0 radical (unpaired) electrons. The summed E-state index contributed by atoms with van der Waals surface area (Å²) >= 11 is 3.50. The van der Waals surface area contributed by atoms with Crippen LogP contribution in [-0.2, 0) is 9.84 Å². The third kappa shape index (κ3) is 2.74. The molecule has 1 aliphatic rings. The van der Waals surface area contributed by atoms with E-state index in [0.717, 1.165) is 21.7 Å². The number of halogens is 1. The van der Waals surface area contributed by atoms with Gasteiger partial charge in [-0.15, -0.1) is 0 Å². The Labute approximate surface area is 133 Å². The maximum atomic E-state index is 12.2. The molecule has 0 spiro atoms. The van der Waals surface area contributed by atoms with E-state index in [1.807, 2.05) is 36.4 Å². The Morgan fingerprint density at radius 2 is 1.81 bits per heavy atom. The summed E-state index contributed by atoms with van der Waals surface area (Å²) in [6.07, 6.45) is 1.13. The third-order valence-electron chi connectivity index (χ3n) is 4.20. The first-order valence-corrected chi connectivity index (χ1v) is 9.58. The van der Waals surface area contributed by atoms with Gasteiger partial charge in [0, 0.05) is 4.47 Å². The largest absolute Gasteiger partial charge is 0.387 e. The van der Waals surface area contributed by atoms with Gasteiger partial charge < -0.3 is 5.11 Å². The topological polar surface area (TPSA) is 54.4 Å². The predicted molar refractivity (Wildman–Crippen MR) is 88.0 cm³/mol. The average molecular weight is 369 g/mol. The Morgan fingerprint density at radius 3 is 2.52 bits per heavy atom. The van der Waals surface area contributed by atoms with Gasteiger partial charge >= 0.3 is 0 Å². The number of benzene rings is 2. The maximum absolute atomic E-state index is 12.2. The summed E-state index contributed by atoms with van der Waals surface area (Å²) in [5.74, 6) is 0.184. The normalized spacial score (nSPS) is 23.0. The minimum absolute atomic E-state index is 0.184. The van der Waals surface area contributed by atoms with Crippen LogP contribution < -0.4 is 0 Å². The van der Waals surface area contributed by atoms with Gasteiger partial charge in [0.15, 0.2) is 9.84 Å². The SMILES string of the molecule is O=S1(=O)CCCCC1C(O)c1ccc(Br)c2ccccc12. The monoisotopic (exact) mass is 368 g/mol. The molecular weight excluding hydrogens is 352 g/mol. The molecule has 5 heteroatoms. The molecule has 0 aromatic heterocycles. The Bertz CT molecular complexity index is 770. The van der Waals surface area contributed by atoms with Gasteiger partial charge in [-0.25, -0.2) is 8.42 Å². The van der Waals surface area contributed by atoms with E-state index in [-0.39, 0.29) is 5.75 Å². The van der Waals surface area contributed by atoms with Gasteiger partial charge in [0.1, 0.15) is 0 Å². The van der Waals surface area contributed by atoms with Crippen molar-refractivity contribution in [2.75, 3.05) is 5.75 Å². The minimum Gasteiger partial charge on any atom is -0.387 e. The lowest BCUT2D eigenvalue weighted by atomic mass is 9.96. The fraction of sp³-hybridized carbons (Fsp3) is 0.375. The van der Waals surface area contributed by atoms with Crippen LogP contribution in [0, 0.1) is 0 Å². The van der Waals surface area contributed by atoms with E-state index in [1.54, 1.807) is 0 Å². The van der Waals surface area contributed by atoms with Crippen LogP contribution in [0.3, 0.4) is 0 Å². The summed E-state index contributed by atoms with van der Waals surface area (Å²) in [5.41, 5.74) is 0.698. The summed E-state index contributed by atoms with van der Waals surface area (Å²) in [6, 6.07) is 11.4. The molecule has 1 heterocycles. The Balaban J connectivity index is 2.10. The molecule has 1 N–H and O–H groups in total. The molecule has 3 rings (SSSR count). The number of hydrogen-bond acceptors (Lipinski definition) is 3. The molecule has 1 fully saturated rings. The number of hydrogen-bond donors (Lipinski definition) is 1. The molecule has 1 aliphatic heterocycles. The van der Waals surface area contributed by atoms with E-state index in [0.29, 0.717) is 18.4 Å². The van der Waals surface area contributed by atoms with E-state index in [9.17, 15) is 13.5 Å². The Kier molecular flexibility index (Phi) is 4.08. The second kappa shape index (κ2) is 5.71. The highest BCUT2D eigenvalue weighted by atomic mass is 79.9. The molecule has 2 aromatic carbocycles. The molecule has 112 valence electrons. The van der Waals surface area contributed by atoms with Crippen molar-refractivity contribution in [1.29, 1.82) is 0 Å². The zero-order chi connectivity index (χ0) is 15.0. The first-order chi connectivity index (χ1) is 10.0. The Hall–Kier alpha value is -0.910. The highest BCUT2D eigenvalue weighted by molar-refractivity contribution is 9.10. The van der Waals surface area contributed by atoms with E-state index < -0.39 is 21.2 Å². The second-order valence-corrected chi connectivity index (χ2v) is 8.72. The number of fused-ring (bicyclic) bond motifs is 1. The lowest BCUT2D eigenvalue weighted by Gasteiger charge is -2.27. The van der Waals surface area contributed by atoms with Gasteiger partial charge in [0.25, 0.3) is 0 Å². The van der Waals surface area contributed by atoms with Crippen molar-refractivity contribution in [3.05, 3.63) is 46.4 Å². The first kappa shape index (κ1) is 15.0. The lowest BCUT2D eigenvalue weighted by molar-refractivity contribution is 0.166. The minimum atomic E-state index is -3.21. The summed E-state index contributed by atoms with van der Waals surface area (Å²) < 4.78 is 25.4. The van der Waals surface area contributed by atoms with Crippen molar-refractivity contribution in [2.24, 2.45) is 0 Å². The first-order valence-electron chi connectivity index (χ1n) is 7.07. The standard InChI is InChI=1S/C16H17BrO3S/c17-14-9-8-13(11-5-1-2-6-12(11)14)16(18)15-7-3-4-10-21(15,19)20/h1-2,5-6,8-9,15-16,18H,3-4,7,10H2. The van der Waals surface area contributed by atoms with Crippen LogP contribution in [0.15, 0.2) is 40.9 Å². The number of rotatable bonds is 2. The van der Waals surface area contributed by atoms with Gasteiger partial charge in [-0.2, -0.15) is 0 Å². The molecule has 2 atom stereocenters. The molecule has 1 saturated heterocycles. The number of aliphatic hydroxyl groups is 1. The molecule has 2 unspecified atom stereocenters. The van der Waals surface area contributed by atoms with Crippen molar-refractivity contribution in [3.63, 3.8) is 0 Å². The Morgan fingerprint density at radius 1 is 1.10 bits per heavy atom. The molecule has 0 amide bonds. The average Bonchev–Trinajstić information content (AvgIpc) is 2.47. The lowest BCUT2D eigenvalue weighted by Crippen LogP contribution is -2.33. The fourth-order valence-corrected chi connectivity index (χ4v) is 5.53. The van der Waals surface area contributed by atoms with Crippen LogP contribution in [0.2, 0.25) is 0 Å². The highest BCUT2D eigenvalue weighted by Gasteiger charge is 2.36. The molecule has 2 aromatic rings. The highest BCUT2D eigenvalue weighted by Crippen LogP contribution is 2.36. The second-order valence-electron chi connectivity index (χ2n) is 5.53. The van der Waals surface area contributed by atoms with E-state index in [4.69, 9.17) is 0 Å². The zero-order valence-electron chi connectivity index (χ0n) is 11.5. The van der Waals surface area contributed by atoms with Gasteiger partial charge in [-0.3, -0.25) is 0 Å². The van der Waals surface area contributed by atoms with Crippen LogP contribution in [0.25, 0.3) is 10.8 Å². The van der Waals surface area contributed by atoms with Gasteiger partial charge in [-0.1, -0.05) is 52.7 Å². The van der Waals surface area contributed by atoms with Crippen molar-refractivity contribution >= 4 is 36.5 Å². The van der Waals surface area contributed by atoms with Gasteiger partial charge in [-0.05, 0) is 35.2 Å². The molecule has 0 aliphatic carbocycles. The maximum Gasteiger partial charge on any atom is 0.156 e. The summed E-state index contributed by atoms with van der Waals surface area (Å²) in [4.78, 5) is 0. The zero-order valence-corrected chi connectivity index (χ0v) is 13.9. The van der Waals surface area contributed by atoms with Crippen LogP contribution in [-0.4, -0.2) is 24.5 Å². The summed E-state index contributed by atoms with van der Waals surface area (Å²) in [6.45, 7) is 0. The van der Waals surface area contributed by atoms with E-state index >= 15 is 0 Å². The molecule has 0 saturated carbocycles. The van der Waals surface area contributed by atoms with Crippen molar-refractivity contribution in [1.82, 2.24) is 0 Å².